The highest BCUT2D eigenvalue weighted by Gasteiger charge is 2.35. The van der Waals surface area contributed by atoms with Crippen LogP contribution in [-0.4, -0.2) is 42.5 Å². The van der Waals surface area contributed by atoms with Crippen LogP contribution in [0.25, 0.3) is 0 Å². The first-order valence-corrected chi connectivity index (χ1v) is 6.94. The molecule has 1 aliphatic heterocycles. The van der Waals surface area contributed by atoms with Gasteiger partial charge in [0.05, 0.1) is 18.8 Å². The minimum atomic E-state index is -0.475. The fourth-order valence-corrected chi connectivity index (χ4v) is 2.48. The first kappa shape index (κ1) is 13.7. The second kappa shape index (κ2) is 5.51. The quantitative estimate of drug-likeness (QED) is 0.804. The summed E-state index contributed by atoms with van der Waals surface area (Å²) in [5.41, 5.74) is 0.284. The third-order valence-electron chi connectivity index (χ3n) is 3.46. The smallest absolute Gasteiger partial charge is 0.182 e. The molecular formula is C14H18BrNO2. The molecule has 0 N–H and O–H groups in total. The third kappa shape index (κ3) is 2.82. The summed E-state index contributed by atoms with van der Waals surface area (Å²) in [4.78, 5) is 14.8. The zero-order chi connectivity index (χ0) is 13.2. The van der Waals surface area contributed by atoms with Crippen LogP contribution in [0.4, 0.5) is 0 Å². The minimum absolute atomic E-state index is 0.164. The van der Waals surface area contributed by atoms with Gasteiger partial charge in [-0.1, -0.05) is 28.1 Å². The van der Waals surface area contributed by atoms with Crippen molar-refractivity contribution in [2.45, 2.75) is 19.4 Å². The Kier molecular flexibility index (Phi) is 4.20. The molecule has 0 spiro atoms. The van der Waals surface area contributed by atoms with Gasteiger partial charge in [0.15, 0.2) is 5.78 Å². The van der Waals surface area contributed by atoms with E-state index >= 15 is 0 Å². The number of carbonyl (C=O) groups is 1. The predicted molar refractivity (Wildman–Crippen MR) is 74.9 cm³/mol. The molecule has 4 heteroatoms. The van der Waals surface area contributed by atoms with Gasteiger partial charge in [0.2, 0.25) is 0 Å². The van der Waals surface area contributed by atoms with Crippen molar-refractivity contribution in [1.82, 2.24) is 4.90 Å². The van der Waals surface area contributed by atoms with E-state index in [2.05, 4.69) is 20.8 Å². The van der Waals surface area contributed by atoms with Crippen molar-refractivity contribution in [3.05, 3.63) is 34.3 Å². The molecule has 0 aromatic heterocycles. The lowest BCUT2D eigenvalue weighted by Crippen LogP contribution is -2.54. The molecule has 0 aliphatic carbocycles. The molecule has 18 heavy (non-hydrogen) atoms. The zero-order valence-corrected chi connectivity index (χ0v) is 12.4. The van der Waals surface area contributed by atoms with E-state index < -0.39 is 5.54 Å². The van der Waals surface area contributed by atoms with Gasteiger partial charge in [-0.2, -0.15) is 0 Å². The summed E-state index contributed by atoms with van der Waals surface area (Å²) in [6.07, 6.45) is 0. The number of rotatable bonds is 3. The molecule has 2 rings (SSSR count). The Balaban J connectivity index is 2.17. The molecule has 0 atom stereocenters. The molecule has 0 bridgehead atoms. The number of hydrogen-bond donors (Lipinski definition) is 0. The number of ether oxygens (including phenoxy) is 1. The predicted octanol–water partition coefficient (Wildman–Crippen LogP) is 2.74. The molecule has 1 aliphatic rings. The molecule has 0 saturated carbocycles. The van der Waals surface area contributed by atoms with Gasteiger partial charge in [-0.3, -0.25) is 9.69 Å². The number of carbonyl (C=O) groups excluding carboxylic acids is 1. The Bertz CT molecular complexity index is 422. The Morgan fingerprint density at radius 3 is 2.33 bits per heavy atom. The molecule has 1 aromatic rings. The lowest BCUT2D eigenvalue weighted by molar-refractivity contribution is -0.00429. The SMILES string of the molecule is CC(C)(C(=O)c1ccc(Br)cc1)N1CCOCC1. The second-order valence-electron chi connectivity index (χ2n) is 4.99. The van der Waals surface area contributed by atoms with Crippen molar-refractivity contribution < 1.29 is 9.53 Å². The van der Waals surface area contributed by atoms with E-state index in [1.165, 1.54) is 0 Å². The molecule has 0 unspecified atom stereocenters. The molecule has 0 amide bonds. The van der Waals surface area contributed by atoms with E-state index in [9.17, 15) is 4.79 Å². The zero-order valence-electron chi connectivity index (χ0n) is 10.8. The van der Waals surface area contributed by atoms with Crippen molar-refractivity contribution in [3.8, 4) is 0 Å². The monoisotopic (exact) mass is 311 g/mol. The van der Waals surface area contributed by atoms with Crippen LogP contribution >= 0.6 is 15.9 Å². The number of nitrogens with zero attached hydrogens (tertiary/aromatic N) is 1. The topological polar surface area (TPSA) is 29.5 Å². The molecular weight excluding hydrogens is 294 g/mol. The van der Waals surface area contributed by atoms with Gasteiger partial charge in [0.25, 0.3) is 0 Å². The highest BCUT2D eigenvalue weighted by molar-refractivity contribution is 9.10. The second-order valence-corrected chi connectivity index (χ2v) is 5.91. The standard InChI is InChI=1S/C14H18BrNO2/c1-14(2,16-7-9-18-10-8-16)13(17)11-3-5-12(15)6-4-11/h3-6H,7-10H2,1-2H3. The van der Waals surface area contributed by atoms with Crippen LogP contribution in [-0.2, 0) is 4.74 Å². The number of Topliss-reactive ketones (excluding diaryl/α,β-unsaturated/α-hetero) is 1. The lowest BCUT2D eigenvalue weighted by atomic mass is 9.91. The summed E-state index contributed by atoms with van der Waals surface area (Å²) in [6, 6.07) is 7.55. The Labute approximate surface area is 116 Å². The van der Waals surface area contributed by atoms with Crippen molar-refractivity contribution in [3.63, 3.8) is 0 Å². The maximum Gasteiger partial charge on any atom is 0.182 e. The fraction of sp³-hybridized carbons (Fsp3) is 0.500. The number of morpholine rings is 1. The van der Waals surface area contributed by atoms with Crippen molar-refractivity contribution in [1.29, 1.82) is 0 Å². The summed E-state index contributed by atoms with van der Waals surface area (Å²) >= 11 is 3.38. The molecule has 1 heterocycles. The summed E-state index contributed by atoms with van der Waals surface area (Å²) in [5.74, 6) is 0.164. The van der Waals surface area contributed by atoms with Gasteiger partial charge >= 0.3 is 0 Å². The van der Waals surface area contributed by atoms with E-state index in [1.807, 2.05) is 38.1 Å². The molecule has 3 nitrogen and oxygen atoms in total. The van der Waals surface area contributed by atoms with E-state index in [4.69, 9.17) is 4.74 Å². The van der Waals surface area contributed by atoms with Gasteiger partial charge in [-0.05, 0) is 26.0 Å². The highest BCUT2D eigenvalue weighted by Crippen LogP contribution is 2.22. The highest BCUT2D eigenvalue weighted by atomic mass is 79.9. The van der Waals surface area contributed by atoms with E-state index in [1.54, 1.807) is 0 Å². The van der Waals surface area contributed by atoms with Crippen LogP contribution in [0.5, 0.6) is 0 Å². The number of hydrogen-bond acceptors (Lipinski definition) is 3. The average Bonchev–Trinajstić information content (AvgIpc) is 2.40. The van der Waals surface area contributed by atoms with Crippen molar-refractivity contribution in [2.75, 3.05) is 26.3 Å². The Morgan fingerprint density at radius 1 is 1.22 bits per heavy atom. The van der Waals surface area contributed by atoms with E-state index in [0.29, 0.717) is 13.2 Å². The molecule has 1 fully saturated rings. The average molecular weight is 312 g/mol. The van der Waals surface area contributed by atoms with Crippen LogP contribution in [0.3, 0.4) is 0 Å². The largest absolute Gasteiger partial charge is 0.379 e. The Morgan fingerprint density at radius 2 is 1.78 bits per heavy atom. The van der Waals surface area contributed by atoms with Gasteiger partial charge in [-0.15, -0.1) is 0 Å². The van der Waals surface area contributed by atoms with E-state index in [-0.39, 0.29) is 5.78 Å². The van der Waals surface area contributed by atoms with Gasteiger partial charge in [0.1, 0.15) is 0 Å². The van der Waals surface area contributed by atoms with Crippen LogP contribution < -0.4 is 0 Å². The number of ketones is 1. The van der Waals surface area contributed by atoms with Crippen molar-refractivity contribution in [2.24, 2.45) is 0 Å². The summed E-state index contributed by atoms with van der Waals surface area (Å²) in [6.45, 7) is 7.02. The fourth-order valence-electron chi connectivity index (χ4n) is 2.22. The molecule has 0 radical (unpaired) electrons. The van der Waals surface area contributed by atoms with Crippen molar-refractivity contribution >= 4 is 21.7 Å². The number of halogens is 1. The van der Waals surface area contributed by atoms with Crippen LogP contribution in [0.15, 0.2) is 28.7 Å². The van der Waals surface area contributed by atoms with Gasteiger partial charge in [-0.25, -0.2) is 0 Å². The minimum Gasteiger partial charge on any atom is -0.379 e. The van der Waals surface area contributed by atoms with Gasteiger partial charge in [0, 0.05) is 23.1 Å². The maximum atomic E-state index is 12.6. The first-order valence-electron chi connectivity index (χ1n) is 6.15. The Hall–Kier alpha value is -0.710. The van der Waals surface area contributed by atoms with Gasteiger partial charge < -0.3 is 4.74 Å². The molecule has 1 aromatic carbocycles. The molecule has 98 valence electrons. The van der Waals surface area contributed by atoms with E-state index in [0.717, 1.165) is 23.1 Å². The van der Waals surface area contributed by atoms with Crippen LogP contribution in [0.1, 0.15) is 24.2 Å². The first-order chi connectivity index (χ1) is 8.51. The van der Waals surface area contributed by atoms with Crippen LogP contribution in [0.2, 0.25) is 0 Å². The number of benzene rings is 1. The summed E-state index contributed by atoms with van der Waals surface area (Å²) in [7, 11) is 0. The third-order valence-corrected chi connectivity index (χ3v) is 3.99. The molecule has 1 saturated heterocycles. The maximum absolute atomic E-state index is 12.6. The summed E-state index contributed by atoms with van der Waals surface area (Å²) < 4.78 is 6.33. The van der Waals surface area contributed by atoms with Crippen LogP contribution in [0, 0.1) is 0 Å². The summed E-state index contributed by atoms with van der Waals surface area (Å²) in [5, 5.41) is 0. The lowest BCUT2D eigenvalue weighted by Gasteiger charge is -2.39. The normalized spacial score (nSPS) is 17.7.